The van der Waals surface area contributed by atoms with Gasteiger partial charge >= 0.3 is 0 Å². The SMILES string of the molecule is CCn1ccnc1CC(NC)c1cc2ccc(F)cc2s1. The van der Waals surface area contributed by atoms with Crippen molar-refractivity contribution in [3.05, 3.63) is 53.2 Å². The summed E-state index contributed by atoms with van der Waals surface area (Å²) in [5.74, 6) is 0.888. The number of nitrogens with one attached hydrogen (secondary N) is 1. The lowest BCUT2D eigenvalue weighted by Crippen LogP contribution is -2.19. The number of aryl methyl sites for hydroxylation is 1. The number of thiophene rings is 1. The predicted molar refractivity (Wildman–Crippen MR) is 85.2 cm³/mol. The molecule has 2 heterocycles. The molecule has 0 bridgehead atoms. The van der Waals surface area contributed by atoms with E-state index in [0.29, 0.717) is 0 Å². The monoisotopic (exact) mass is 303 g/mol. The topological polar surface area (TPSA) is 29.9 Å². The largest absolute Gasteiger partial charge is 0.335 e. The van der Waals surface area contributed by atoms with Crippen LogP contribution in [0, 0.1) is 5.82 Å². The van der Waals surface area contributed by atoms with Crippen molar-refractivity contribution in [2.24, 2.45) is 0 Å². The molecule has 110 valence electrons. The molecule has 2 aromatic heterocycles. The van der Waals surface area contributed by atoms with Crippen molar-refractivity contribution in [1.82, 2.24) is 14.9 Å². The number of hydrogen-bond donors (Lipinski definition) is 1. The van der Waals surface area contributed by atoms with E-state index in [2.05, 4.69) is 27.9 Å². The van der Waals surface area contributed by atoms with E-state index < -0.39 is 0 Å². The fraction of sp³-hybridized carbons (Fsp3) is 0.312. The fourth-order valence-corrected chi connectivity index (χ4v) is 3.74. The van der Waals surface area contributed by atoms with E-state index in [0.717, 1.165) is 28.9 Å². The van der Waals surface area contributed by atoms with E-state index in [1.807, 2.05) is 25.5 Å². The molecule has 0 fully saturated rings. The summed E-state index contributed by atoms with van der Waals surface area (Å²) in [5.41, 5.74) is 0. The van der Waals surface area contributed by atoms with Crippen LogP contribution in [0.3, 0.4) is 0 Å². The van der Waals surface area contributed by atoms with Crippen molar-refractivity contribution in [2.45, 2.75) is 25.9 Å². The van der Waals surface area contributed by atoms with E-state index >= 15 is 0 Å². The quantitative estimate of drug-likeness (QED) is 0.778. The minimum absolute atomic E-state index is 0.182. The highest BCUT2D eigenvalue weighted by Crippen LogP contribution is 2.31. The lowest BCUT2D eigenvalue weighted by atomic mass is 10.1. The first-order chi connectivity index (χ1) is 10.2. The first kappa shape index (κ1) is 14.2. The van der Waals surface area contributed by atoms with Crippen LogP contribution in [0.15, 0.2) is 36.7 Å². The van der Waals surface area contributed by atoms with Crippen LogP contribution in [-0.4, -0.2) is 16.6 Å². The zero-order valence-electron chi connectivity index (χ0n) is 12.1. The molecule has 3 rings (SSSR count). The van der Waals surface area contributed by atoms with E-state index in [1.54, 1.807) is 17.4 Å². The Bertz CT molecular complexity index is 747. The molecule has 0 aliphatic carbocycles. The highest BCUT2D eigenvalue weighted by molar-refractivity contribution is 7.19. The summed E-state index contributed by atoms with van der Waals surface area (Å²) < 4.78 is 16.5. The van der Waals surface area contributed by atoms with Gasteiger partial charge in [0, 0.05) is 41.0 Å². The van der Waals surface area contributed by atoms with E-state index in [9.17, 15) is 4.39 Å². The maximum atomic E-state index is 13.3. The third-order valence-corrected chi connectivity index (χ3v) is 4.93. The molecule has 0 saturated carbocycles. The lowest BCUT2D eigenvalue weighted by Gasteiger charge is -2.14. The van der Waals surface area contributed by atoms with Crippen molar-refractivity contribution in [2.75, 3.05) is 7.05 Å². The third-order valence-electron chi connectivity index (χ3n) is 3.72. The Labute approximate surface area is 127 Å². The molecule has 1 atom stereocenters. The van der Waals surface area contributed by atoms with Crippen LogP contribution in [0.2, 0.25) is 0 Å². The van der Waals surface area contributed by atoms with Gasteiger partial charge in [0.25, 0.3) is 0 Å². The Balaban J connectivity index is 1.90. The molecule has 0 aliphatic rings. The molecular formula is C16H18FN3S. The Hall–Kier alpha value is -1.72. The van der Waals surface area contributed by atoms with E-state index in [4.69, 9.17) is 0 Å². The van der Waals surface area contributed by atoms with Crippen molar-refractivity contribution >= 4 is 21.4 Å². The van der Waals surface area contributed by atoms with Crippen LogP contribution in [-0.2, 0) is 13.0 Å². The Morgan fingerprint density at radius 1 is 1.38 bits per heavy atom. The highest BCUT2D eigenvalue weighted by atomic mass is 32.1. The van der Waals surface area contributed by atoms with Crippen LogP contribution < -0.4 is 5.32 Å². The number of nitrogens with zero attached hydrogens (tertiary/aromatic N) is 2. The number of rotatable bonds is 5. The summed E-state index contributed by atoms with van der Waals surface area (Å²) in [4.78, 5) is 5.65. The maximum Gasteiger partial charge on any atom is 0.124 e. The van der Waals surface area contributed by atoms with Crippen molar-refractivity contribution < 1.29 is 4.39 Å². The predicted octanol–water partition coefficient (Wildman–Crippen LogP) is 3.76. The maximum absolute atomic E-state index is 13.3. The second kappa shape index (κ2) is 5.95. The van der Waals surface area contributed by atoms with Crippen molar-refractivity contribution in [3.8, 4) is 0 Å². The average Bonchev–Trinajstić information content (AvgIpc) is 3.09. The minimum atomic E-state index is -0.182. The van der Waals surface area contributed by atoms with Gasteiger partial charge in [-0.3, -0.25) is 0 Å². The second-order valence-corrected chi connectivity index (χ2v) is 6.12. The average molecular weight is 303 g/mol. The van der Waals surface area contributed by atoms with E-state index in [-0.39, 0.29) is 11.9 Å². The standard InChI is InChI=1S/C16H18FN3S/c1-3-20-7-6-19-16(20)10-13(18-2)15-8-11-4-5-12(17)9-14(11)21-15/h4-9,13,18H,3,10H2,1-2H3. The second-order valence-electron chi connectivity index (χ2n) is 5.01. The summed E-state index contributed by atoms with van der Waals surface area (Å²) in [6.45, 7) is 3.03. The van der Waals surface area contributed by atoms with Gasteiger partial charge in [-0.1, -0.05) is 6.07 Å². The van der Waals surface area contributed by atoms with Gasteiger partial charge in [0.1, 0.15) is 11.6 Å². The summed E-state index contributed by atoms with van der Waals surface area (Å²) in [5, 5.41) is 4.44. The lowest BCUT2D eigenvalue weighted by molar-refractivity contribution is 0.560. The minimum Gasteiger partial charge on any atom is -0.335 e. The summed E-state index contributed by atoms with van der Waals surface area (Å²) in [6, 6.07) is 7.28. The molecule has 0 radical (unpaired) electrons. The molecule has 5 heteroatoms. The molecule has 0 spiro atoms. The van der Waals surface area contributed by atoms with Gasteiger partial charge in [-0.2, -0.15) is 0 Å². The molecular weight excluding hydrogens is 285 g/mol. The number of aromatic nitrogens is 2. The number of halogens is 1. The van der Waals surface area contributed by atoms with Crippen LogP contribution in [0.5, 0.6) is 0 Å². The molecule has 3 aromatic rings. The van der Waals surface area contributed by atoms with Crippen LogP contribution >= 0.6 is 11.3 Å². The zero-order chi connectivity index (χ0) is 14.8. The number of fused-ring (bicyclic) bond motifs is 1. The van der Waals surface area contributed by atoms with Crippen molar-refractivity contribution in [3.63, 3.8) is 0 Å². The summed E-state index contributed by atoms with van der Waals surface area (Å²) in [6.07, 6.45) is 4.67. The number of benzene rings is 1. The van der Waals surface area contributed by atoms with E-state index in [1.165, 1.54) is 10.9 Å². The summed E-state index contributed by atoms with van der Waals surface area (Å²) >= 11 is 1.64. The van der Waals surface area contributed by atoms with Gasteiger partial charge in [0.2, 0.25) is 0 Å². The fourth-order valence-electron chi connectivity index (χ4n) is 2.54. The van der Waals surface area contributed by atoms with Crippen LogP contribution in [0.1, 0.15) is 23.7 Å². The van der Waals surface area contributed by atoms with Crippen LogP contribution in [0.4, 0.5) is 4.39 Å². The van der Waals surface area contributed by atoms with Gasteiger partial charge in [-0.25, -0.2) is 9.37 Å². The van der Waals surface area contributed by atoms with Gasteiger partial charge < -0.3 is 9.88 Å². The molecule has 21 heavy (non-hydrogen) atoms. The molecule has 0 aliphatic heterocycles. The van der Waals surface area contributed by atoms with Gasteiger partial charge in [0.15, 0.2) is 0 Å². The number of likely N-dealkylation sites (N-methyl/N-ethyl adjacent to an activating group) is 1. The number of imidazole rings is 1. The van der Waals surface area contributed by atoms with Crippen LogP contribution in [0.25, 0.3) is 10.1 Å². The number of hydrogen-bond acceptors (Lipinski definition) is 3. The van der Waals surface area contributed by atoms with Crippen molar-refractivity contribution in [1.29, 1.82) is 0 Å². The third kappa shape index (κ3) is 2.84. The molecule has 1 unspecified atom stereocenters. The van der Waals surface area contributed by atoms with Gasteiger partial charge in [0.05, 0.1) is 0 Å². The molecule has 1 N–H and O–H groups in total. The Morgan fingerprint density at radius 2 is 2.24 bits per heavy atom. The summed E-state index contributed by atoms with van der Waals surface area (Å²) in [7, 11) is 1.95. The smallest absolute Gasteiger partial charge is 0.124 e. The molecule has 1 aromatic carbocycles. The first-order valence-corrected chi connectivity index (χ1v) is 7.89. The molecule has 0 amide bonds. The molecule has 0 saturated heterocycles. The van der Waals surface area contributed by atoms with Gasteiger partial charge in [-0.15, -0.1) is 11.3 Å². The van der Waals surface area contributed by atoms with Gasteiger partial charge in [-0.05, 0) is 37.6 Å². The normalized spacial score (nSPS) is 12.9. The highest BCUT2D eigenvalue weighted by Gasteiger charge is 2.16. The Morgan fingerprint density at radius 3 is 3.00 bits per heavy atom. The zero-order valence-corrected chi connectivity index (χ0v) is 13.0. The first-order valence-electron chi connectivity index (χ1n) is 7.07. The molecule has 3 nitrogen and oxygen atoms in total. The Kier molecular flexibility index (Phi) is 4.03.